The third kappa shape index (κ3) is 5.53. The number of hydrogen-bond acceptors (Lipinski definition) is 3. The molecule has 0 heterocycles. The molecule has 6 nitrogen and oxygen atoms in total. The second-order valence-electron chi connectivity index (χ2n) is 5.80. The molecule has 0 fully saturated rings. The van der Waals surface area contributed by atoms with Gasteiger partial charge in [0.15, 0.2) is 0 Å². The number of benzene rings is 2. The Balaban J connectivity index is 1.94. The number of hydrogen-bond donors (Lipinski definition) is 2. The van der Waals surface area contributed by atoms with E-state index in [-0.39, 0.29) is 12.5 Å². The van der Waals surface area contributed by atoms with Crippen LogP contribution in [0, 0.1) is 0 Å². The van der Waals surface area contributed by atoms with Crippen molar-refractivity contribution in [3.8, 4) is 11.5 Å². The average Bonchev–Trinajstić information content (AvgIpc) is 2.61. The highest BCUT2D eigenvalue weighted by Crippen LogP contribution is 2.24. The zero-order chi connectivity index (χ0) is 18.2. The summed E-state index contributed by atoms with van der Waals surface area (Å²) in [6.45, 7) is 1.94. The number of urea groups is 1. The lowest BCUT2D eigenvalue weighted by Crippen LogP contribution is -2.47. The first kappa shape index (κ1) is 18.3. The van der Waals surface area contributed by atoms with Crippen molar-refractivity contribution in [2.75, 3.05) is 14.1 Å². The third-order valence-electron chi connectivity index (χ3n) is 3.54. The van der Waals surface area contributed by atoms with E-state index in [0.717, 1.165) is 11.3 Å². The first-order valence-corrected chi connectivity index (χ1v) is 8.03. The van der Waals surface area contributed by atoms with Crippen molar-refractivity contribution < 1.29 is 14.3 Å². The Bertz CT molecular complexity index is 717. The summed E-state index contributed by atoms with van der Waals surface area (Å²) in [7, 11) is 3.30. The van der Waals surface area contributed by atoms with Crippen LogP contribution in [-0.2, 0) is 11.3 Å². The van der Waals surface area contributed by atoms with E-state index in [0.29, 0.717) is 5.75 Å². The molecule has 2 aromatic carbocycles. The number of para-hydroxylation sites is 2. The number of nitrogens with zero attached hydrogens (tertiary/aromatic N) is 1. The van der Waals surface area contributed by atoms with Gasteiger partial charge in [0, 0.05) is 26.2 Å². The molecule has 0 bridgehead atoms. The quantitative estimate of drug-likeness (QED) is 0.849. The second-order valence-corrected chi connectivity index (χ2v) is 5.80. The second kappa shape index (κ2) is 8.73. The van der Waals surface area contributed by atoms with Gasteiger partial charge in [-0.1, -0.05) is 36.4 Å². The minimum Gasteiger partial charge on any atom is -0.457 e. The van der Waals surface area contributed by atoms with Gasteiger partial charge in [0.1, 0.15) is 17.5 Å². The van der Waals surface area contributed by atoms with Crippen LogP contribution in [-0.4, -0.2) is 37.0 Å². The van der Waals surface area contributed by atoms with Crippen LogP contribution in [0.4, 0.5) is 4.79 Å². The van der Waals surface area contributed by atoms with Gasteiger partial charge in [-0.05, 0) is 25.1 Å². The molecule has 0 saturated carbocycles. The topological polar surface area (TPSA) is 70.7 Å². The molecule has 3 amide bonds. The Labute approximate surface area is 147 Å². The highest BCUT2D eigenvalue weighted by atomic mass is 16.5. The Morgan fingerprint density at radius 3 is 2.36 bits per heavy atom. The third-order valence-corrected chi connectivity index (χ3v) is 3.54. The summed E-state index contributed by atoms with van der Waals surface area (Å²) < 4.78 is 5.86. The molecule has 0 saturated heterocycles. The van der Waals surface area contributed by atoms with E-state index >= 15 is 0 Å². The SMILES string of the molecule is CC(NC(=O)NCc1ccccc1Oc1ccccc1)C(=O)N(C)C. The lowest BCUT2D eigenvalue weighted by atomic mass is 10.2. The maximum atomic E-state index is 12.0. The lowest BCUT2D eigenvalue weighted by molar-refractivity contribution is -0.130. The minimum atomic E-state index is -0.592. The van der Waals surface area contributed by atoms with E-state index in [2.05, 4.69) is 10.6 Å². The van der Waals surface area contributed by atoms with Gasteiger partial charge >= 0.3 is 6.03 Å². The summed E-state index contributed by atoms with van der Waals surface area (Å²) in [5, 5.41) is 5.37. The van der Waals surface area contributed by atoms with Crippen LogP contribution in [0.1, 0.15) is 12.5 Å². The monoisotopic (exact) mass is 341 g/mol. The first-order chi connectivity index (χ1) is 12.0. The van der Waals surface area contributed by atoms with E-state index in [1.807, 2.05) is 54.6 Å². The molecule has 0 aliphatic heterocycles. The van der Waals surface area contributed by atoms with Crippen LogP contribution in [0.15, 0.2) is 54.6 Å². The van der Waals surface area contributed by atoms with Crippen LogP contribution in [0.5, 0.6) is 11.5 Å². The van der Waals surface area contributed by atoms with Crippen molar-refractivity contribution in [2.24, 2.45) is 0 Å². The predicted molar refractivity (Wildman–Crippen MR) is 96.5 cm³/mol. The van der Waals surface area contributed by atoms with Crippen LogP contribution < -0.4 is 15.4 Å². The van der Waals surface area contributed by atoms with E-state index < -0.39 is 12.1 Å². The molecule has 2 aromatic rings. The maximum Gasteiger partial charge on any atom is 0.315 e. The van der Waals surface area contributed by atoms with Gasteiger partial charge < -0.3 is 20.3 Å². The average molecular weight is 341 g/mol. The van der Waals surface area contributed by atoms with E-state index in [1.54, 1.807) is 21.0 Å². The standard InChI is InChI=1S/C19H23N3O3/c1-14(18(23)22(2)3)21-19(24)20-13-15-9-7-8-12-17(15)25-16-10-5-4-6-11-16/h4-12,14H,13H2,1-3H3,(H2,20,21,24). The first-order valence-electron chi connectivity index (χ1n) is 8.03. The van der Waals surface area contributed by atoms with Crippen LogP contribution in [0.2, 0.25) is 0 Å². The molecule has 25 heavy (non-hydrogen) atoms. The highest BCUT2D eigenvalue weighted by Gasteiger charge is 2.17. The fourth-order valence-corrected chi connectivity index (χ4v) is 2.24. The summed E-state index contributed by atoms with van der Waals surface area (Å²) in [4.78, 5) is 25.2. The van der Waals surface area contributed by atoms with Gasteiger partial charge in [-0.25, -0.2) is 4.79 Å². The minimum absolute atomic E-state index is 0.164. The van der Waals surface area contributed by atoms with Crippen molar-refractivity contribution in [1.29, 1.82) is 0 Å². The smallest absolute Gasteiger partial charge is 0.315 e. The molecule has 0 aromatic heterocycles. The zero-order valence-electron chi connectivity index (χ0n) is 14.7. The fourth-order valence-electron chi connectivity index (χ4n) is 2.24. The molecular formula is C19H23N3O3. The molecule has 1 unspecified atom stereocenters. The van der Waals surface area contributed by atoms with Gasteiger partial charge in [0.05, 0.1) is 0 Å². The van der Waals surface area contributed by atoms with E-state index in [4.69, 9.17) is 4.74 Å². The highest BCUT2D eigenvalue weighted by molar-refractivity contribution is 5.86. The maximum absolute atomic E-state index is 12.0. The van der Waals surface area contributed by atoms with Crippen LogP contribution in [0.3, 0.4) is 0 Å². The largest absolute Gasteiger partial charge is 0.457 e. The number of likely N-dealkylation sites (N-methyl/N-ethyl adjacent to an activating group) is 1. The van der Waals surface area contributed by atoms with Gasteiger partial charge in [-0.3, -0.25) is 4.79 Å². The number of nitrogens with one attached hydrogen (secondary N) is 2. The summed E-state index contributed by atoms with van der Waals surface area (Å²) in [6, 6.07) is 15.9. The Morgan fingerprint density at radius 1 is 1.04 bits per heavy atom. The Kier molecular flexibility index (Phi) is 6.39. The normalized spacial score (nSPS) is 11.3. The summed E-state index contributed by atoms with van der Waals surface area (Å²) in [6.07, 6.45) is 0. The number of rotatable bonds is 6. The molecule has 0 spiro atoms. The van der Waals surface area contributed by atoms with Gasteiger partial charge in [-0.2, -0.15) is 0 Å². The molecule has 2 rings (SSSR count). The Hall–Kier alpha value is -3.02. The number of amides is 3. The summed E-state index contributed by atoms with van der Waals surface area (Å²) >= 11 is 0. The van der Waals surface area contributed by atoms with Crippen LogP contribution in [0.25, 0.3) is 0 Å². The van der Waals surface area contributed by atoms with E-state index in [9.17, 15) is 9.59 Å². The van der Waals surface area contributed by atoms with Crippen molar-refractivity contribution in [3.05, 3.63) is 60.2 Å². The predicted octanol–water partition coefficient (Wildman–Crippen LogP) is 2.75. The van der Waals surface area contributed by atoms with Crippen molar-refractivity contribution in [3.63, 3.8) is 0 Å². The molecule has 0 aliphatic carbocycles. The molecule has 6 heteroatoms. The number of carbonyl (C=O) groups is 2. The van der Waals surface area contributed by atoms with E-state index in [1.165, 1.54) is 4.90 Å². The molecule has 1 atom stereocenters. The molecule has 132 valence electrons. The van der Waals surface area contributed by atoms with Crippen molar-refractivity contribution in [1.82, 2.24) is 15.5 Å². The summed E-state index contributed by atoms with van der Waals surface area (Å²) in [5.74, 6) is 1.24. The van der Waals surface area contributed by atoms with Gasteiger partial charge in [0.2, 0.25) is 5.91 Å². The zero-order valence-corrected chi connectivity index (χ0v) is 14.7. The lowest BCUT2D eigenvalue weighted by Gasteiger charge is -2.18. The summed E-state index contributed by atoms with van der Waals surface area (Å²) in [5.41, 5.74) is 0.841. The fraction of sp³-hybridized carbons (Fsp3) is 0.263. The molecular weight excluding hydrogens is 318 g/mol. The van der Waals surface area contributed by atoms with Gasteiger partial charge in [0.25, 0.3) is 0 Å². The Morgan fingerprint density at radius 2 is 1.68 bits per heavy atom. The molecule has 0 aliphatic rings. The molecule has 0 radical (unpaired) electrons. The number of carbonyl (C=O) groups excluding carboxylic acids is 2. The number of ether oxygens (including phenoxy) is 1. The van der Waals surface area contributed by atoms with Crippen molar-refractivity contribution in [2.45, 2.75) is 19.5 Å². The molecule has 2 N–H and O–H groups in total. The van der Waals surface area contributed by atoms with Crippen LogP contribution >= 0.6 is 0 Å². The van der Waals surface area contributed by atoms with Crippen molar-refractivity contribution >= 4 is 11.9 Å². The van der Waals surface area contributed by atoms with Gasteiger partial charge in [-0.15, -0.1) is 0 Å².